The van der Waals surface area contributed by atoms with Crippen LogP contribution in [-0.4, -0.2) is 17.6 Å². The number of hydrogen-bond donors (Lipinski definition) is 1. The van der Waals surface area contributed by atoms with Gasteiger partial charge in [-0.15, -0.1) is 0 Å². The van der Waals surface area contributed by atoms with Gasteiger partial charge in [0.05, 0.1) is 0 Å². The van der Waals surface area contributed by atoms with Crippen molar-refractivity contribution >= 4 is 5.97 Å². The molecule has 2 N–H and O–H groups in total. The van der Waals surface area contributed by atoms with Crippen molar-refractivity contribution < 1.29 is 9.53 Å². The fraction of sp³-hybridized carbons (Fsp3) is 0.923. The SMILES string of the molecule is CC(C)(C)OC(=O)[C@H](N)CC1CCCCC1. The highest BCUT2D eigenvalue weighted by atomic mass is 16.6. The van der Waals surface area contributed by atoms with Gasteiger partial charge in [-0.25, -0.2) is 0 Å². The number of esters is 1. The van der Waals surface area contributed by atoms with Gasteiger partial charge in [0.2, 0.25) is 0 Å². The molecule has 1 aliphatic rings. The lowest BCUT2D eigenvalue weighted by Gasteiger charge is -2.26. The fourth-order valence-corrected chi connectivity index (χ4v) is 2.26. The van der Waals surface area contributed by atoms with E-state index in [1.54, 1.807) is 0 Å². The molecule has 3 nitrogen and oxygen atoms in total. The molecule has 0 aromatic rings. The van der Waals surface area contributed by atoms with Crippen LogP contribution in [0.2, 0.25) is 0 Å². The topological polar surface area (TPSA) is 52.3 Å². The largest absolute Gasteiger partial charge is 0.459 e. The molecule has 1 aliphatic carbocycles. The first-order chi connectivity index (χ1) is 7.38. The minimum atomic E-state index is -0.442. The zero-order chi connectivity index (χ0) is 12.2. The van der Waals surface area contributed by atoms with Crippen molar-refractivity contribution in [3.8, 4) is 0 Å². The molecule has 3 heteroatoms. The van der Waals surface area contributed by atoms with E-state index in [1.807, 2.05) is 20.8 Å². The van der Waals surface area contributed by atoms with Crippen molar-refractivity contribution in [3.05, 3.63) is 0 Å². The molecule has 0 radical (unpaired) electrons. The average molecular weight is 227 g/mol. The van der Waals surface area contributed by atoms with Gasteiger partial charge in [-0.2, -0.15) is 0 Å². The third-order valence-corrected chi connectivity index (χ3v) is 3.02. The van der Waals surface area contributed by atoms with Gasteiger partial charge in [0, 0.05) is 0 Å². The summed E-state index contributed by atoms with van der Waals surface area (Å²) in [5.41, 5.74) is 5.45. The molecule has 1 saturated carbocycles. The molecule has 0 aromatic heterocycles. The molecule has 0 unspecified atom stereocenters. The highest BCUT2D eigenvalue weighted by molar-refractivity contribution is 5.75. The van der Waals surface area contributed by atoms with Gasteiger partial charge in [-0.05, 0) is 33.1 Å². The van der Waals surface area contributed by atoms with Crippen LogP contribution in [0.4, 0.5) is 0 Å². The molecule has 0 aromatic carbocycles. The van der Waals surface area contributed by atoms with Crippen LogP contribution in [0.15, 0.2) is 0 Å². The van der Waals surface area contributed by atoms with E-state index in [0.29, 0.717) is 5.92 Å². The molecule has 0 amide bonds. The minimum Gasteiger partial charge on any atom is -0.459 e. The number of hydrogen-bond acceptors (Lipinski definition) is 3. The molecule has 0 spiro atoms. The smallest absolute Gasteiger partial charge is 0.323 e. The zero-order valence-electron chi connectivity index (χ0n) is 10.8. The summed E-state index contributed by atoms with van der Waals surface area (Å²) in [6.45, 7) is 5.62. The molecule has 0 aliphatic heterocycles. The van der Waals surface area contributed by atoms with Crippen LogP contribution in [-0.2, 0) is 9.53 Å². The van der Waals surface area contributed by atoms with Gasteiger partial charge in [0.15, 0.2) is 0 Å². The summed E-state index contributed by atoms with van der Waals surface area (Å²) in [4.78, 5) is 11.7. The van der Waals surface area contributed by atoms with E-state index >= 15 is 0 Å². The molecular formula is C13H25NO2. The summed E-state index contributed by atoms with van der Waals surface area (Å²) >= 11 is 0. The Labute approximate surface area is 98.7 Å². The van der Waals surface area contributed by atoms with E-state index in [1.165, 1.54) is 32.1 Å². The number of nitrogens with two attached hydrogens (primary N) is 1. The highest BCUT2D eigenvalue weighted by Gasteiger charge is 2.25. The Morgan fingerprint density at radius 3 is 2.38 bits per heavy atom. The Kier molecular flexibility index (Phi) is 4.78. The van der Waals surface area contributed by atoms with E-state index in [0.717, 1.165) is 6.42 Å². The Bertz CT molecular complexity index is 227. The van der Waals surface area contributed by atoms with Crippen LogP contribution < -0.4 is 5.73 Å². The van der Waals surface area contributed by atoms with Crippen LogP contribution >= 0.6 is 0 Å². The van der Waals surface area contributed by atoms with Gasteiger partial charge in [0.1, 0.15) is 11.6 Å². The molecule has 1 atom stereocenters. The molecule has 0 bridgehead atoms. The van der Waals surface area contributed by atoms with Crippen molar-refractivity contribution in [1.82, 2.24) is 0 Å². The highest BCUT2D eigenvalue weighted by Crippen LogP contribution is 2.27. The van der Waals surface area contributed by atoms with Gasteiger partial charge in [-0.1, -0.05) is 32.1 Å². The molecule has 94 valence electrons. The quantitative estimate of drug-likeness (QED) is 0.754. The summed E-state index contributed by atoms with van der Waals surface area (Å²) in [6.07, 6.45) is 7.12. The lowest BCUT2D eigenvalue weighted by molar-refractivity contribution is -0.157. The Balaban J connectivity index is 2.33. The standard InChI is InChI=1S/C13H25NO2/c1-13(2,3)16-12(15)11(14)9-10-7-5-4-6-8-10/h10-11H,4-9,14H2,1-3H3/t11-/m1/s1. The summed E-state index contributed by atoms with van der Waals surface area (Å²) < 4.78 is 5.28. The zero-order valence-corrected chi connectivity index (χ0v) is 10.8. The number of ether oxygens (including phenoxy) is 1. The number of carbonyl (C=O) groups is 1. The molecule has 1 fully saturated rings. The van der Waals surface area contributed by atoms with Gasteiger partial charge in [-0.3, -0.25) is 4.79 Å². The first-order valence-corrected chi connectivity index (χ1v) is 6.37. The second-order valence-corrected chi connectivity index (χ2v) is 5.88. The molecule has 16 heavy (non-hydrogen) atoms. The van der Waals surface area contributed by atoms with E-state index in [9.17, 15) is 4.79 Å². The van der Waals surface area contributed by atoms with Crippen molar-refractivity contribution in [2.24, 2.45) is 11.7 Å². The minimum absolute atomic E-state index is 0.252. The predicted molar refractivity (Wildman–Crippen MR) is 65.0 cm³/mol. The van der Waals surface area contributed by atoms with E-state index < -0.39 is 11.6 Å². The predicted octanol–water partition coefficient (Wildman–Crippen LogP) is 2.63. The van der Waals surface area contributed by atoms with Crippen molar-refractivity contribution in [3.63, 3.8) is 0 Å². The first-order valence-electron chi connectivity index (χ1n) is 6.37. The van der Waals surface area contributed by atoms with Crippen LogP contribution in [0, 0.1) is 5.92 Å². The lowest BCUT2D eigenvalue weighted by atomic mass is 9.85. The van der Waals surface area contributed by atoms with Crippen LogP contribution in [0.3, 0.4) is 0 Å². The molecule has 0 heterocycles. The third kappa shape index (κ3) is 4.97. The second kappa shape index (κ2) is 5.67. The molecule has 0 saturated heterocycles. The van der Waals surface area contributed by atoms with Crippen LogP contribution in [0.1, 0.15) is 59.3 Å². The van der Waals surface area contributed by atoms with Crippen molar-refractivity contribution in [1.29, 1.82) is 0 Å². The van der Waals surface area contributed by atoms with E-state index in [4.69, 9.17) is 10.5 Å². The summed E-state index contributed by atoms with van der Waals surface area (Å²) in [5.74, 6) is 0.370. The normalized spacial score (nSPS) is 20.5. The maximum Gasteiger partial charge on any atom is 0.323 e. The van der Waals surface area contributed by atoms with Gasteiger partial charge < -0.3 is 10.5 Å². The number of rotatable bonds is 3. The van der Waals surface area contributed by atoms with Crippen LogP contribution in [0.5, 0.6) is 0 Å². The summed E-state index contributed by atoms with van der Waals surface area (Å²) in [6, 6.07) is -0.442. The maximum absolute atomic E-state index is 11.7. The summed E-state index contributed by atoms with van der Waals surface area (Å²) in [7, 11) is 0. The lowest BCUT2D eigenvalue weighted by Crippen LogP contribution is -2.38. The van der Waals surface area contributed by atoms with E-state index in [2.05, 4.69) is 0 Å². The molecule has 1 rings (SSSR count). The van der Waals surface area contributed by atoms with Crippen molar-refractivity contribution in [2.75, 3.05) is 0 Å². The number of carbonyl (C=O) groups excluding carboxylic acids is 1. The van der Waals surface area contributed by atoms with Gasteiger partial charge >= 0.3 is 5.97 Å². The van der Waals surface area contributed by atoms with Crippen molar-refractivity contribution in [2.45, 2.75) is 70.9 Å². The Hall–Kier alpha value is -0.570. The summed E-state index contributed by atoms with van der Waals surface area (Å²) in [5, 5.41) is 0. The average Bonchev–Trinajstić information content (AvgIpc) is 2.16. The Morgan fingerprint density at radius 1 is 1.31 bits per heavy atom. The monoisotopic (exact) mass is 227 g/mol. The second-order valence-electron chi connectivity index (χ2n) is 5.88. The fourth-order valence-electron chi connectivity index (χ4n) is 2.26. The van der Waals surface area contributed by atoms with Gasteiger partial charge in [0.25, 0.3) is 0 Å². The Morgan fingerprint density at radius 2 is 1.88 bits per heavy atom. The molecular weight excluding hydrogens is 202 g/mol. The van der Waals surface area contributed by atoms with E-state index in [-0.39, 0.29) is 5.97 Å². The maximum atomic E-state index is 11.7. The first kappa shape index (κ1) is 13.5. The third-order valence-electron chi connectivity index (χ3n) is 3.02. The van der Waals surface area contributed by atoms with Crippen LogP contribution in [0.25, 0.3) is 0 Å².